The van der Waals surface area contributed by atoms with Crippen molar-refractivity contribution in [2.75, 3.05) is 43.9 Å². The fourth-order valence-corrected chi connectivity index (χ4v) is 2.51. The average molecular weight is 395 g/mol. The van der Waals surface area contributed by atoms with Crippen molar-refractivity contribution in [2.24, 2.45) is 0 Å². The molecule has 26 heavy (non-hydrogen) atoms. The monoisotopic (exact) mass is 394 g/mol. The number of hydrogen-bond acceptors (Lipinski definition) is 4. The summed E-state index contributed by atoms with van der Waals surface area (Å²) in [5.41, 5.74) is 0.693. The molecule has 3 N–H and O–H groups in total. The number of hydrogen-bond donors (Lipinski definition) is 3. The molecule has 0 saturated carbocycles. The number of nitrogens with zero attached hydrogens (tertiary/aromatic N) is 1. The molecule has 0 aromatic heterocycles. The molecule has 3 amide bonds. The van der Waals surface area contributed by atoms with Crippen LogP contribution in [0.3, 0.4) is 0 Å². The van der Waals surface area contributed by atoms with E-state index < -0.39 is 18.8 Å². The molecule has 0 fully saturated rings. The Bertz CT molecular complexity index is 685. The molecule has 1 heterocycles. The summed E-state index contributed by atoms with van der Waals surface area (Å²) in [6.45, 7) is -0.748. The van der Waals surface area contributed by atoms with Crippen molar-refractivity contribution in [3.8, 4) is 5.75 Å². The Morgan fingerprint density at radius 3 is 2.85 bits per heavy atom. The van der Waals surface area contributed by atoms with Gasteiger partial charge < -0.3 is 20.7 Å². The summed E-state index contributed by atoms with van der Waals surface area (Å²) in [7, 11) is 1.36. The lowest BCUT2D eigenvalue weighted by Crippen LogP contribution is -2.35. The number of fused-ring (bicyclic) bond motifs is 1. The predicted octanol–water partition coefficient (Wildman–Crippen LogP) is 2.68. The summed E-state index contributed by atoms with van der Waals surface area (Å²) in [6.07, 6.45) is -3.89. The highest BCUT2D eigenvalue weighted by molar-refractivity contribution is 6.34. The van der Waals surface area contributed by atoms with Crippen molar-refractivity contribution in [1.82, 2.24) is 10.2 Å². The van der Waals surface area contributed by atoms with Crippen LogP contribution in [0.2, 0.25) is 5.02 Å². The summed E-state index contributed by atoms with van der Waals surface area (Å²) in [6, 6.07) is 2.38. The van der Waals surface area contributed by atoms with Gasteiger partial charge in [-0.05, 0) is 26.1 Å². The number of amides is 3. The van der Waals surface area contributed by atoms with E-state index in [-0.39, 0.29) is 36.3 Å². The van der Waals surface area contributed by atoms with E-state index in [1.807, 2.05) is 0 Å². The van der Waals surface area contributed by atoms with Crippen LogP contribution < -0.4 is 20.7 Å². The zero-order chi connectivity index (χ0) is 19.3. The third kappa shape index (κ3) is 6.26. The fraction of sp³-hybridized carbons (Fsp3) is 0.467. The predicted molar refractivity (Wildman–Crippen MR) is 90.8 cm³/mol. The average Bonchev–Trinajstić information content (AvgIpc) is 2.51. The number of anilines is 2. The Balaban J connectivity index is 1.79. The lowest BCUT2D eigenvalue weighted by atomic mass is 10.2. The quantitative estimate of drug-likeness (QED) is 0.648. The van der Waals surface area contributed by atoms with Crippen molar-refractivity contribution in [2.45, 2.75) is 12.6 Å². The molecule has 144 valence electrons. The molecule has 1 aromatic carbocycles. The van der Waals surface area contributed by atoms with E-state index in [0.29, 0.717) is 17.9 Å². The van der Waals surface area contributed by atoms with Gasteiger partial charge in [-0.1, -0.05) is 11.6 Å². The second-order valence-corrected chi connectivity index (χ2v) is 6.16. The molecule has 11 heteroatoms. The first-order chi connectivity index (χ1) is 12.1. The van der Waals surface area contributed by atoms with Crippen LogP contribution in [0.25, 0.3) is 0 Å². The van der Waals surface area contributed by atoms with Gasteiger partial charge in [0.1, 0.15) is 5.75 Å². The lowest BCUT2D eigenvalue weighted by molar-refractivity contribution is -0.143. The van der Waals surface area contributed by atoms with E-state index in [2.05, 4.69) is 16.0 Å². The number of urea groups is 1. The number of carbonyl (C=O) groups is 2. The summed E-state index contributed by atoms with van der Waals surface area (Å²) < 4.78 is 41.8. The van der Waals surface area contributed by atoms with Crippen molar-refractivity contribution in [3.05, 3.63) is 17.2 Å². The molecule has 1 aromatic rings. The Kier molecular flexibility index (Phi) is 6.54. The molecule has 0 radical (unpaired) electrons. The van der Waals surface area contributed by atoms with Crippen LogP contribution in [0.15, 0.2) is 12.1 Å². The Morgan fingerprint density at radius 1 is 1.42 bits per heavy atom. The van der Waals surface area contributed by atoms with E-state index in [1.54, 1.807) is 0 Å². The highest BCUT2D eigenvalue weighted by Gasteiger charge is 2.28. The molecular formula is C15H18ClF3N4O3. The normalized spacial score (nSPS) is 13.7. The lowest BCUT2D eigenvalue weighted by Gasteiger charge is -2.20. The second kappa shape index (κ2) is 8.45. The minimum atomic E-state index is -4.25. The van der Waals surface area contributed by atoms with E-state index in [9.17, 15) is 22.8 Å². The number of rotatable bonds is 6. The van der Waals surface area contributed by atoms with Gasteiger partial charge in [0.15, 0.2) is 6.61 Å². The second-order valence-electron chi connectivity index (χ2n) is 5.75. The molecule has 2 rings (SSSR count). The Labute approximate surface area is 152 Å². The highest BCUT2D eigenvalue weighted by Crippen LogP contribution is 2.36. The SMILES string of the molecule is CN(CCCNC(=O)Nc1cc2c(cc1Cl)NC(=O)CO2)CC(F)(F)F. The van der Waals surface area contributed by atoms with Crippen LogP contribution in [0.1, 0.15) is 6.42 Å². The number of alkyl halides is 3. The molecule has 1 aliphatic rings. The molecule has 0 aliphatic carbocycles. The maximum Gasteiger partial charge on any atom is 0.401 e. The van der Waals surface area contributed by atoms with Crippen LogP contribution in [-0.4, -0.2) is 56.3 Å². The molecule has 0 bridgehead atoms. The molecule has 0 atom stereocenters. The van der Waals surface area contributed by atoms with Crippen molar-refractivity contribution < 1.29 is 27.5 Å². The van der Waals surface area contributed by atoms with Gasteiger partial charge in [0.2, 0.25) is 0 Å². The van der Waals surface area contributed by atoms with Gasteiger partial charge in [-0.25, -0.2) is 4.79 Å². The van der Waals surface area contributed by atoms with Gasteiger partial charge in [0, 0.05) is 12.6 Å². The first kappa shape index (κ1) is 20.1. The van der Waals surface area contributed by atoms with Gasteiger partial charge in [0.05, 0.1) is 22.9 Å². The van der Waals surface area contributed by atoms with E-state index in [4.69, 9.17) is 16.3 Å². The Hall–Kier alpha value is -2.20. The smallest absolute Gasteiger partial charge is 0.401 e. The molecule has 0 spiro atoms. The zero-order valence-corrected chi connectivity index (χ0v) is 14.6. The highest BCUT2D eigenvalue weighted by atomic mass is 35.5. The summed E-state index contributed by atoms with van der Waals surface area (Å²) in [5, 5.41) is 7.86. The van der Waals surface area contributed by atoms with Crippen LogP contribution in [-0.2, 0) is 4.79 Å². The maximum absolute atomic E-state index is 12.2. The summed E-state index contributed by atoms with van der Waals surface area (Å²) in [5.74, 6) is 0.0700. The largest absolute Gasteiger partial charge is 0.482 e. The zero-order valence-electron chi connectivity index (χ0n) is 13.9. The van der Waals surface area contributed by atoms with Gasteiger partial charge in [0.25, 0.3) is 5.91 Å². The number of benzene rings is 1. The molecule has 7 nitrogen and oxygen atoms in total. The van der Waals surface area contributed by atoms with Gasteiger partial charge in [-0.15, -0.1) is 0 Å². The maximum atomic E-state index is 12.2. The molecule has 0 saturated heterocycles. The number of carbonyl (C=O) groups excluding carboxylic acids is 2. The molecule has 0 unspecified atom stereocenters. The van der Waals surface area contributed by atoms with Crippen LogP contribution >= 0.6 is 11.6 Å². The van der Waals surface area contributed by atoms with Crippen molar-refractivity contribution in [3.63, 3.8) is 0 Å². The summed E-state index contributed by atoms with van der Waals surface area (Å²) in [4.78, 5) is 24.3. The Morgan fingerprint density at radius 2 is 2.15 bits per heavy atom. The minimum absolute atomic E-state index is 0.133. The summed E-state index contributed by atoms with van der Waals surface area (Å²) >= 11 is 6.05. The van der Waals surface area contributed by atoms with Gasteiger partial charge >= 0.3 is 12.2 Å². The third-order valence-corrected chi connectivity index (χ3v) is 3.71. The van der Waals surface area contributed by atoms with Crippen LogP contribution in [0.4, 0.5) is 29.3 Å². The van der Waals surface area contributed by atoms with E-state index in [1.165, 1.54) is 19.2 Å². The van der Waals surface area contributed by atoms with Crippen molar-refractivity contribution in [1.29, 1.82) is 0 Å². The van der Waals surface area contributed by atoms with E-state index in [0.717, 1.165) is 4.90 Å². The topological polar surface area (TPSA) is 82.7 Å². The molecule has 1 aliphatic heterocycles. The van der Waals surface area contributed by atoms with Crippen LogP contribution in [0.5, 0.6) is 5.75 Å². The van der Waals surface area contributed by atoms with Gasteiger partial charge in [-0.3, -0.25) is 9.69 Å². The first-order valence-corrected chi connectivity index (χ1v) is 8.08. The standard InChI is InChI=1S/C15H18ClF3N4O3/c1-23(8-15(17,18)19)4-2-3-20-14(25)22-10-6-12-11(5-9(10)16)21-13(24)7-26-12/h5-6H,2-4,7-8H2,1H3,(H,21,24)(H2,20,22,25). The number of halogens is 4. The van der Waals surface area contributed by atoms with Crippen molar-refractivity contribution >= 4 is 34.9 Å². The molecular weight excluding hydrogens is 377 g/mol. The third-order valence-electron chi connectivity index (χ3n) is 3.40. The number of ether oxygens (including phenoxy) is 1. The minimum Gasteiger partial charge on any atom is -0.482 e. The number of nitrogens with one attached hydrogen (secondary N) is 3. The fourth-order valence-electron chi connectivity index (χ4n) is 2.30. The van der Waals surface area contributed by atoms with E-state index >= 15 is 0 Å². The van der Waals surface area contributed by atoms with Gasteiger partial charge in [-0.2, -0.15) is 13.2 Å². The van der Waals surface area contributed by atoms with Crippen LogP contribution in [0, 0.1) is 0 Å². The first-order valence-electron chi connectivity index (χ1n) is 7.70.